The van der Waals surface area contributed by atoms with Crippen molar-refractivity contribution in [2.45, 2.75) is 27.2 Å². The molecule has 5 heteroatoms. The predicted molar refractivity (Wildman–Crippen MR) is 73.5 cm³/mol. The van der Waals surface area contributed by atoms with Crippen LogP contribution in [0, 0.1) is 6.92 Å². The van der Waals surface area contributed by atoms with Crippen LogP contribution in [0.1, 0.15) is 36.3 Å². The van der Waals surface area contributed by atoms with Gasteiger partial charge in [0.1, 0.15) is 10.7 Å². The lowest BCUT2D eigenvalue weighted by atomic mass is 10.1. The van der Waals surface area contributed by atoms with Crippen molar-refractivity contribution in [2.24, 2.45) is 0 Å². The molecule has 1 rings (SSSR count). The summed E-state index contributed by atoms with van der Waals surface area (Å²) in [5.74, 6) is -0.447. The van der Waals surface area contributed by atoms with Crippen molar-refractivity contribution < 1.29 is 9.53 Å². The molecule has 1 aromatic heterocycles. The Morgan fingerprint density at radius 3 is 2.67 bits per heavy atom. The van der Waals surface area contributed by atoms with Crippen molar-refractivity contribution >= 4 is 23.3 Å². The summed E-state index contributed by atoms with van der Waals surface area (Å²) in [5, 5.41) is 0.200. The highest BCUT2D eigenvalue weighted by Gasteiger charge is 2.21. The number of nitrogens with zero attached hydrogens (tertiary/aromatic N) is 2. The van der Waals surface area contributed by atoms with E-state index in [0.29, 0.717) is 5.56 Å². The van der Waals surface area contributed by atoms with Crippen molar-refractivity contribution in [3.63, 3.8) is 0 Å². The summed E-state index contributed by atoms with van der Waals surface area (Å²) in [6.07, 6.45) is 0.993. The van der Waals surface area contributed by atoms with Gasteiger partial charge in [-0.2, -0.15) is 0 Å². The quantitative estimate of drug-likeness (QED) is 0.609. The maximum Gasteiger partial charge on any atom is 0.343 e. The van der Waals surface area contributed by atoms with Crippen molar-refractivity contribution in [1.29, 1.82) is 0 Å². The van der Waals surface area contributed by atoms with Crippen LogP contribution in [-0.4, -0.2) is 31.2 Å². The minimum Gasteiger partial charge on any atom is -0.465 e. The Morgan fingerprint density at radius 1 is 1.50 bits per heavy atom. The number of anilines is 1. The lowest BCUT2D eigenvalue weighted by Gasteiger charge is -2.25. The van der Waals surface area contributed by atoms with Crippen molar-refractivity contribution in [3.05, 3.63) is 22.5 Å². The van der Waals surface area contributed by atoms with Gasteiger partial charge in [-0.05, 0) is 26.3 Å². The zero-order valence-corrected chi connectivity index (χ0v) is 12.0. The van der Waals surface area contributed by atoms with E-state index < -0.39 is 5.97 Å². The molecular weight excluding hydrogens is 252 g/mol. The molecule has 0 saturated carbocycles. The molecule has 0 radical (unpaired) electrons. The molecule has 0 aromatic carbocycles. The van der Waals surface area contributed by atoms with E-state index in [2.05, 4.69) is 16.8 Å². The minimum atomic E-state index is -0.447. The Balaban J connectivity index is 3.34. The zero-order valence-electron chi connectivity index (χ0n) is 11.3. The summed E-state index contributed by atoms with van der Waals surface area (Å²) < 4.78 is 4.78. The van der Waals surface area contributed by atoms with Crippen molar-refractivity contribution in [3.8, 4) is 0 Å². The van der Waals surface area contributed by atoms with E-state index in [1.54, 1.807) is 0 Å². The standard InChI is InChI=1S/C13H19ClN2O2/c1-5-7-16(6-2)10-8-9(3)15-12(14)11(10)13(17)18-4/h8H,5-7H2,1-4H3. The first kappa shape index (κ1) is 14.8. The van der Waals surface area contributed by atoms with E-state index in [1.807, 2.05) is 19.9 Å². The second kappa shape index (κ2) is 6.59. The fraction of sp³-hybridized carbons (Fsp3) is 0.538. The molecular formula is C13H19ClN2O2. The molecule has 0 atom stereocenters. The van der Waals surface area contributed by atoms with Gasteiger partial charge < -0.3 is 9.64 Å². The predicted octanol–water partition coefficient (Wildman–Crippen LogP) is 3.07. The van der Waals surface area contributed by atoms with Crippen molar-refractivity contribution in [1.82, 2.24) is 4.98 Å². The first-order valence-electron chi connectivity index (χ1n) is 6.05. The Bertz CT molecular complexity index is 435. The number of esters is 1. The van der Waals surface area contributed by atoms with Gasteiger partial charge >= 0.3 is 5.97 Å². The summed E-state index contributed by atoms with van der Waals surface area (Å²) in [6.45, 7) is 7.66. The SMILES string of the molecule is CCCN(CC)c1cc(C)nc(Cl)c1C(=O)OC. The third-order valence-corrected chi connectivity index (χ3v) is 2.96. The largest absolute Gasteiger partial charge is 0.465 e. The van der Waals surface area contributed by atoms with Crippen molar-refractivity contribution in [2.75, 3.05) is 25.1 Å². The molecule has 1 aromatic rings. The van der Waals surface area contributed by atoms with Gasteiger partial charge in [-0.3, -0.25) is 0 Å². The molecule has 0 aliphatic carbocycles. The van der Waals surface area contributed by atoms with Gasteiger partial charge in [-0.25, -0.2) is 9.78 Å². The summed E-state index contributed by atoms with van der Waals surface area (Å²) in [6, 6.07) is 1.87. The second-order valence-electron chi connectivity index (χ2n) is 4.02. The van der Waals surface area contributed by atoms with Gasteiger partial charge in [0.15, 0.2) is 0 Å². The highest BCUT2D eigenvalue weighted by atomic mass is 35.5. The van der Waals surface area contributed by atoms with Gasteiger partial charge in [0.25, 0.3) is 0 Å². The van der Waals surface area contributed by atoms with E-state index >= 15 is 0 Å². The first-order valence-corrected chi connectivity index (χ1v) is 6.43. The highest BCUT2D eigenvalue weighted by Crippen LogP contribution is 2.28. The average molecular weight is 271 g/mol. The molecule has 0 amide bonds. The maximum absolute atomic E-state index is 11.8. The molecule has 4 nitrogen and oxygen atoms in total. The highest BCUT2D eigenvalue weighted by molar-refractivity contribution is 6.33. The minimum absolute atomic E-state index is 0.200. The topological polar surface area (TPSA) is 42.4 Å². The first-order chi connectivity index (χ1) is 8.54. The van der Waals surface area contributed by atoms with Crippen LogP contribution in [0.25, 0.3) is 0 Å². The Labute approximate surface area is 113 Å². The molecule has 18 heavy (non-hydrogen) atoms. The van der Waals surface area contributed by atoms with Crippen LogP contribution in [0.5, 0.6) is 0 Å². The third-order valence-electron chi connectivity index (χ3n) is 2.69. The smallest absolute Gasteiger partial charge is 0.343 e. The summed E-state index contributed by atoms with van der Waals surface area (Å²) in [4.78, 5) is 18.0. The maximum atomic E-state index is 11.8. The number of aromatic nitrogens is 1. The van der Waals surface area contributed by atoms with Crippen LogP contribution >= 0.6 is 11.6 Å². The Kier molecular flexibility index (Phi) is 5.41. The van der Waals surface area contributed by atoms with Gasteiger partial charge in [0.2, 0.25) is 0 Å². The molecule has 0 bridgehead atoms. The number of aryl methyl sites for hydroxylation is 1. The number of hydrogen-bond acceptors (Lipinski definition) is 4. The van der Waals surface area contributed by atoms with Crippen LogP contribution in [0.15, 0.2) is 6.07 Å². The molecule has 0 aliphatic rings. The van der Waals surface area contributed by atoms with E-state index in [1.165, 1.54) is 7.11 Å². The molecule has 1 heterocycles. The number of ether oxygens (including phenoxy) is 1. The molecule has 0 N–H and O–H groups in total. The fourth-order valence-electron chi connectivity index (χ4n) is 1.88. The second-order valence-corrected chi connectivity index (χ2v) is 4.38. The van der Waals surface area contributed by atoms with E-state index in [9.17, 15) is 4.79 Å². The average Bonchev–Trinajstić information content (AvgIpc) is 2.34. The lowest BCUT2D eigenvalue weighted by Crippen LogP contribution is -2.26. The van der Waals surface area contributed by atoms with Gasteiger partial charge in [0.05, 0.1) is 12.8 Å². The summed E-state index contributed by atoms with van der Waals surface area (Å²) >= 11 is 6.07. The lowest BCUT2D eigenvalue weighted by molar-refractivity contribution is 0.0601. The number of carbonyl (C=O) groups excluding carboxylic acids is 1. The van der Waals surface area contributed by atoms with Crippen LogP contribution < -0.4 is 4.90 Å². The van der Waals surface area contributed by atoms with Gasteiger partial charge in [0, 0.05) is 18.8 Å². The molecule has 0 unspecified atom stereocenters. The zero-order chi connectivity index (χ0) is 13.7. The Hall–Kier alpha value is -1.29. The van der Waals surface area contributed by atoms with Crippen LogP contribution in [0.4, 0.5) is 5.69 Å². The van der Waals surface area contributed by atoms with Crippen LogP contribution in [0.3, 0.4) is 0 Å². The normalized spacial score (nSPS) is 10.3. The Morgan fingerprint density at radius 2 is 2.17 bits per heavy atom. The van der Waals surface area contributed by atoms with Crippen LogP contribution in [0.2, 0.25) is 5.15 Å². The van der Waals surface area contributed by atoms with E-state index in [-0.39, 0.29) is 5.15 Å². The molecule has 0 saturated heterocycles. The van der Waals surface area contributed by atoms with E-state index in [4.69, 9.17) is 16.3 Å². The number of rotatable bonds is 5. The summed E-state index contributed by atoms with van der Waals surface area (Å²) in [5.41, 5.74) is 1.93. The fourth-order valence-corrected chi connectivity index (χ4v) is 2.19. The summed E-state index contributed by atoms with van der Waals surface area (Å²) in [7, 11) is 1.35. The van der Waals surface area contributed by atoms with Gasteiger partial charge in [-0.1, -0.05) is 18.5 Å². The van der Waals surface area contributed by atoms with E-state index in [0.717, 1.165) is 30.9 Å². The molecule has 0 aliphatic heterocycles. The third kappa shape index (κ3) is 3.13. The number of halogens is 1. The molecule has 100 valence electrons. The monoisotopic (exact) mass is 270 g/mol. The number of methoxy groups -OCH3 is 1. The molecule has 0 fully saturated rings. The van der Waals surface area contributed by atoms with Crippen LogP contribution in [-0.2, 0) is 4.74 Å². The number of hydrogen-bond donors (Lipinski definition) is 0. The number of pyridine rings is 1. The number of carbonyl (C=O) groups is 1. The van der Waals surface area contributed by atoms with Gasteiger partial charge in [-0.15, -0.1) is 0 Å². The molecule has 0 spiro atoms.